The van der Waals surface area contributed by atoms with Gasteiger partial charge in [-0.1, -0.05) is 37.3 Å². The first-order valence-electron chi connectivity index (χ1n) is 8.05. The molecule has 6 heteroatoms. The number of urea groups is 1. The van der Waals surface area contributed by atoms with Crippen molar-refractivity contribution in [1.82, 2.24) is 5.32 Å². The lowest BCUT2D eigenvalue weighted by Crippen LogP contribution is -2.31. The highest BCUT2D eigenvalue weighted by Gasteiger charge is 2.10. The van der Waals surface area contributed by atoms with Crippen molar-refractivity contribution in [3.63, 3.8) is 0 Å². The van der Waals surface area contributed by atoms with Crippen LogP contribution in [0.1, 0.15) is 25.3 Å². The molecule has 0 radical (unpaired) electrons. The maximum atomic E-state index is 12.1. The number of hydrogen-bond donors (Lipinski definition) is 3. The zero-order valence-corrected chi connectivity index (χ0v) is 14.6. The van der Waals surface area contributed by atoms with E-state index in [0.717, 1.165) is 0 Å². The molecule has 0 bridgehead atoms. The van der Waals surface area contributed by atoms with E-state index >= 15 is 0 Å². The summed E-state index contributed by atoms with van der Waals surface area (Å²) in [6.45, 7) is 3.99. The molecule has 25 heavy (non-hydrogen) atoms. The average molecular weight is 341 g/mol. The minimum atomic E-state index is -0.304. The second-order valence-corrected chi connectivity index (χ2v) is 5.74. The Bertz CT molecular complexity index is 732. The number of hydrogen-bond acceptors (Lipinski definition) is 3. The van der Waals surface area contributed by atoms with Gasteiger partial charge in [0.2, 0.25) is 5.91 Å². The summed E-state index contributed by atoms with van der Waals surface area (Å²) >= 11 is 0. The number of carbonyl (C=O) groups is 2. The van der Waals surface area contributed by atoms with E-state index in [1.54, 1.807) is 18.2 Å². The first-order valence-corrected chi connectivity index (χ1v) is 8.05. The predicted molar refractivity (Wildman–Crippen MR) is 99.2 cm³/mol. The smallest absolute Gasteiger partial charge is 0.319 e. The minimum absolute atomic E-state index is 0.206. The molecular weight excluding hydrogens is 318 g/mol. The van der Waals surface area contributed by atoms with Crippen LogP contribution in [0, 0.1) is 0 Å². The van der Waals surface area contributed by atoms with E-state index in [1.807, 2.05) is 30.3 Å². The van der Waals surface area contributed by atoms with Crippen LogP contribution in [0.4, 0.5) is 16.2 Å². The summed E-state index contributed by atoms with van der Waals surface area (Å²) in [4.78, 5) is 23.4. The van der Waals surface area contributed by atoms with Crippen LogP contribution in [0.3, 0.4) is 0 Å². The molecule has 0 saturated heterocycles. The normalized spacial score (nSPS) is 11.3. The lowest BCUT2D eigenvalue weighted by atomic mass is 10.0. The maximum absolute atomic E-state index is 12.1. The zero-order chi connectivity index (χ0) is 18.2. The second-order valence-electron chi connectivity index (χ2n) is 5.74. The lowest BCUT2D eigenvalue weighted by Gasteiger charge is -2.15. The summed E-state index contributed by atoms with van der Waals surface area (Å²) in [6, 6.07) is 14.7. The third-order valence-electron chi connectivity index (χ3n) is 3.71. The van der Waals surface area contributed by atoms with Gasteiger partial charge < -0.3 is 20.7 Å². The second kappa shape index (κ2) is 8.73. The topological polar surface area (TPSA) is 79.5 Å². The molecule has 0 aliphatic carbocycles. The van der Waals surface area contributed by atoms with Crippen LogP contribution in [0.25, 0.3) is 0 Å². The first-order chi connectivity index (χ1) is 12.0. The fourth-order valence-corrected chi connectivity index (χ4v) is 2.39. The fourth-order valence-electron chi connectivity index (χ4n) is 2.39. The van der Waals surface area contributed by atoms with Gasteiger partial charge in [-0.05, 0) is 29.7 Å². The molecule has 0 fully saturated rings. The molecule has 0 aliphatic rings. The highest BCUT2D eigenvalue weighted by atomic mass is 16.5. The summed E-state index contributed by atoms with van der Waals surface area (Å²) in [7, 11) is 1.52. The summed E-state index contributed by atoms with van der Waals surface area (Å²) in [6.07, 6.45) is 0. The molecule has 3 N–H and O–H groups in total. The third-order valence-corrected chi connectivity index (χ3v) is 3.71. The van der Waals surface area contributed by atoms with Crippen LogP contribution in [-0.2, 0) is 4.79 Å². The number of anilines is 2. The van der Waals surface area contributed by atoms with E-state index < -0.39 is 0 Å². The van der Waals surface area contributed by atoms with Crippen LogP contribution in [0.2, 0.25) is 0 Å². The average Bonchev–Trinajstić information content (AvgIpc) is 2.60. The maximum Gasteiger partial charge on any atom is 0.319 e. The number of ether oxygens (including phenoxy) is 1. The van der Waals surface area contributed by atoms with E-state index in [-0.39, 0.29) is 17.9 Å². The van der Waals surface area contributed by atoms with Gasteiger partial charge in [-0.25, -0.2) is 4.79 Å². The standard InChI is InChI=1S/C19H23N3O3/c1-13(15-7-5-4-6-8-15)12-20-19(24)22-16-9-10-18(25-3)17(11-16)21-14(2)23/h4-11,13H,12H2,1-3H3,(H,21,23)(H2,20,22,24)/t13-/m1/s1. The van der Waals surface area contributed by atoms with Crippen molar-refractivity contribution >= 4 is 23.3 Å². The molecule has 132 valence electrons. The van der Waals surface area contributed by atoms with Crippen LogP contribution < -0.4 is 20.7 Å². The zero-order valence-electron chi connectivity index (χ0n) is 14.6. The molecule has 0 saturated carbocycles. The Hall–Kier alpha value is -3.02. The van der Waals surface area contributed by atoms with Gasteiger partial charge in [0, 0.05) is 19.2 Å². The van der Waals surface area contributed by atoms with Gasteiger partial charge in [0.15, 0.2) is 0 Å². The van der Waals surface area contributed by atoms with Crippen molar-refractivity contribution in [3.8, 4) is 5.75 Å². The largest absolute Gasteiger partial charge is 0.495 e. The molecule has 2 rings (SSSR count). The highest BCUT2D eigenvalue weighted by molar-refractivity contribution is 5.94. The number of amides is 3. The van der Waals surface area contributed by atoms with Gasteiger partial charge in [0.05, 0.1) is 12.8 Å². The van der Waals surface area contributed by atoms with Gasteiger partial charge in [-0.15, -0.1) is 0 Å². The Morgan fingerprint density at radius 1 is 1.08 bits per heavy atom. The third kappa shape index (κ3) is 5.53. The molecular formula is C19H23N3O3. The number of rotatable bonds is 6. The van der Waals surface area contributed by atoms with E-state index in [2.05, 4.69) is 22.9 Å². The Morgan fingerprint density at radius 2 is 1.80 bits per heavy atom. The van der Waals surface area contributed by atoms with Gasteiger partial charge >= 0.3 is 6.03 Å². The van der Waals surface area contributed by atoms with Gasteiger partial charge in [-0.2, -0.15) is 0 Å². The first kappa shape index (κ1) is 18.3. The van der Waals surface area contributed by atoms with Crippen molar-refractivity contribution < 1.29 is 14.3 Å². The number of benzene rings is 2. The van der Waals surface area contributed by atoms with Crippen molar-refractivity contribution in [2.24, 2.45) is 0 Å². The molecule has 1 atom stereocenters. The number of carbonyl (C=O) groups excluding carboxylic acids is 2. The predicted octanol–water partition coefficient (Wildman–Crippen LogP) is 3.58. The number of methoxy groups -OCH3 is 1. The molecule has 2 aromatic carbocycles. The molecule has 2 aromatic rings. The molecule has 0 unspecified atom stereocenters. The van der Waals surface area contributed by atoms with Crippen LogP contribution in [0.5, 0.6) is 5.75 Å². The van der Waals surface area contributed by atoms with Crippen LogP contribution in [-0.4, -0.2) is 25.6 Å². The van der Waals surface area contributed by atoms with E-state index in [9.17, 15) is 9.59 Å². The van der Waals surface area contributed by atoms with E-state index in [4.69, 9.17) is 4.74 Å². The quantitative estimate of drug-likeness (QED) is 0.751. The Morgan fingerprint density at radius 3 is 2.44 bits per heavy atom. The van der Waals surface area contributed by atoms with Crippen molar-refractivity contribution in [2.45, 2.75) is 19.8 Å². The summed E-state index contributed by atoms with van der Waals surface area (Å²) in [5.41, 5.74) is 2.24. The monoisotopic (exact) mass is 341 g/mol. The Kier molecular flexibility index (Phi) is 6.39. The van der Waals surface area contributed by atoms with E-state index in [0.29, 0.717) is 23.7 Å². The molecule has 0 aromatic heterocycles. The van der Waals surface area contributed by atoms with Gasteiger partial charge in [-0.3, -0.25) is 4.79 Å². The fraction of sp³-hybridized carbons (Fsp3) is 0.263. The minimum Gasteiger partial charge on any atom is -0.495 e. The van der Waals surface area contributed by atoms with Crippen LogP contribution >= 0.6 is 0 Å². The summed E-state index contributed by atoms with van der Waals surface area (Å²) in [5.74, 6) is 0.521. The van der Waals surface area contributed by atoms with Gasteiger partial charge in [0.1, 0.15) is 5.75 Å². The molecule has 0 spiro atoms. The van der Waals surface area contributed by atoms with E-state index in [1.165, 1.54) is 19.6 Å². The Labute approximate surface area is 147 Å². The SMILES string of the molecule is COc1ccc(NC(=O)NC[C@@H](C)c2ccccc2)cc1NC(C)=O. The summed E-state index contributed by atoms with van der Waals surface area (Å²) in [5, 5.41) is 8.28. The Balaban J connectivity index is 1.94. The molecule has 0 aliphatic heterocycles. The van der Waals surface area contributed by atoms with Crippen molar-refractivity contribution in [3.05, 3.63) is 54.1 Å². The van der Waals surface area contributed by atoms with Gasteiger partial charge in [0.25, 0.3) is 0 Å². The molecule has 3 amide bonds. The molecule has 0 heterocycles. The van der Waals surface area contributed by atoms with Crippen molar-refractivity contribution in [1.29, 1.82) is 0 Å². The molecule has 6 nitrogen and oxygen atoms in total. The summed E-state index contributed by atoms with van der Waals surface area (Å²) < 4.78 is 5.19. The number of nitrogens with one attached hydrogen (secondary N) is 3. The lowest BCUT2D eigenvalue weighted by molar-refractivity contribution is -0.114. The highest BCUT2D eigenvalue weighted by Crippen LogP contribution is 2.27. The van der Waals surface area contributed by atoms with Crippen LogP contribution in [0.15, 0.2) is 48.5 Å². The van der Waals surface area contributed by atoms with Crippen molar-refractivity contribution in [2.75, 3.05) is 24.3 Å².